The molecule has 18 nitrogen and oxygen atoms in total. The van der Waals surface area contributed by atoms with Gasteiger partial charge in [-0.2, -0.15) is 10.5 Å². The largest absolute Gasteiger partial charge is 0.493 e. The van der Waals surface area contributed by atoms with Gasteiger partial charge in [-0.05, 0) is 128 Å². The highest BCUT2D eigenvalue weighted by Gasteiger charge is 2.30. The highest BCUT2D eigenvalue weighted by molar-refractivity contribution is 6.07. The highest BCUT2D eigenvalue weighted by Crippen LogP contribution is 2.54. The van der Waals surface area contributed by atoms with Crippen molar-refractivity contribution in [3.63, 3.8) is 0 Å². The third-order valence-electron chi connectivity index (χ3n) is 13.5. The van der Waals surface area contributed by atoms with Gasteiger partial charge in [0.2, 0.25) is 0 Å². The van der Waals surface area contributed by atoms with E-state index in [-0.39, 0.29) is 24.3 Å². The van der Waals surface area contributed by atoms with Crippen LogP contribution >= 0.6 is 0 Å². The van der Waals surface area contributed by atoms with Gasteiger partial charge >= 0.3 is 11.9 Å². The van der Waals surface area contributed by atoms with Gasteiger partial charge in [-0.3, -0.25) is 0 Å². The molecule has 0 spiro atoms. The molecule has 8 aromatic carbocycles. The first-order valence-electron chi connectivity index (χ1n) is 26.4. The average molecular weight is 1170 g/mol. The second-order valence-electron chi connectivity index (χ2n) is 18.1. The van der Waals surface area contributed by atoms with Crippen molar-refractivity contribution in [2.24, 2.45) is 0 Å². The number of methoxy groups -OCH3 is 12. The van der Waals surface area contributed by atoms with Gasteiger partial charge in [0.1, 0.15) is 13.2 Å². The molecule has 8 aromatic rings. The van der Waals surface area contributed by atoms with E-state index in [2.05, 4.69) is 0 Å². The Morgan fingerprint density at radius 2 is 0.453 bits per heavy atom. The molecule has 0 radical (unpaired) electrons. The minimum absolute atomic E-state index is 0.00797. The summed E-state index contributed by atoms with van der Waals surface area (Å²) in [4.78, 5) is 29.2. The molecular weight excluding hydrogens is 1100 g/mol. The first-order chi connectivity index (χ1) is 41.8. The quantitative estimate of drug-likeness (QED) is 0.0545. The lowest BCUT2D eigenvalue weighted by Gasteiger charge is -2.24. The Kier molecular flexibility index (Phi) is 23.3. The molecule has 8 rings (SSSR count). The molecule has 0 aliphatic carbocycles. The smallest absolute Gasteiger partial charge is 0.339 e. The van der Waals surface area contributed by atoms with Crippen LogP contribution in [0.5, 0.6) is 69.0 Å². The third-order valence-corrected chi connectivity index (χ3v) is 13.5. The second-order valence-corrected chi connectivity index (χ2v) is 18.1. The molecule has 0 heterocycles. The summed E-state index contributed by atoms with van der Waals surface area (Å²) in [6, 6.07) is 43.4. The van der Waals surface area contributed by atoms with Crippen LogP contribution in [0.15, 0.2) is 133 Å². The van der Waals surface area contributed by atoms with Crippen LogP contribution in [0.25, 0.3) is 55.6 Å². The molecule has 0 saturated heterocycles. The van der Waals surface area contributed by atoms with Crippen molar-refractivity contribution in [3.8, 4) is 137 Å². The van der Waals surface area contributed by atoms with Crippen LogP contribution in [0.1, 0.15) is 45.7 Å². The lowest BCUT2D eigenvalue weighted by atomic mass is 9.83. The summed E-state index contributed by atoms with van der Waals surface area (Å²) in [7, 11) is 18.3. The summed E-state index contributed by atoms with van der Waals surface area (Å²) < 4.78 is 83.6. The predicted octanol–water partition coefficient (Wildman–Crippen LogP) is 13.9. The molecule has 446 valence electrons. The van der Waals surface area contributed by atoms with Gasteiger partial charge < -0.3 is 66.3 Å². The Hall–Kier alpha value is -10.7. The van der Waals surface area contributed by atoms with Gasteiger partial charge in [-0.15, -0.1) is 0 Å². The molecule has 0 amide bonds. The van der Waals surface area contributed by atoms with E-state index in [0.29, 0.717) is 125 Å². The van der Waals surface area contributed by atoms with E-state index in [1.165, 1.54) is 99.2 Å². The van der Waals surface area contributed by atoms with Gasteiger partial charge in [0.05, 0.1) is 109 Å². The summed E-state index contributed by atoms with van der Waals surface area (Å²) >= 11 is 0. The molecule has 0 aliphatic rings. The number of nitrogens with zero attached hydrogens (tertiary/aromatic N) is 2. The van der Waals surface area contributed by atoms with Crippen molar-refractivity contribution in [2.45, 2.75) is 27.1 Å². The van der Waals surface area contributed by atoms with Gasteiger partial charge in [0.25, 0.3) is 0 Å². The van der Waals surface area contributed by atoms with Gasteiger partial charge in [-0.25, -0.2) is 9.59 Å². The summed E-state index contributed by atoms with van der Waals surface area (Å²) in [6.07, 6.45) is 0. The van der Waals surface area contributed by atoms with E-state index < -0.39 is 11.9 Å². The number of ether oxygens (including phenoxy) is 14. The molecule has 18 heteroatoms. The maximum Gasteiger partial charge on any atom is 0.339 e. The van der Waals surface area contributed by atoms with E-state index in [1.807, 2.05) is 97.1 Å². The van der Waals surface area contributed by atoms with Crippen LogP contribution in [-0.2, 0) is 22.7 Å². The van der Waals surface area contributed by atoms with Crippen LogP contribution < -0.4 is 56.8 Å². The van der Waals surface area contributed by atoms with E-state index in [9.17, 15) is 9.59 Å². The number of carbonyl (C=O) groups excluding carboxylic acids is 2. The topological polar surface area (TPSA) is 211 Å². The van der Waals surface area contributed by atoms with Gasteiger partial charge in [0, 0.05) is 25.0 Å². The van der Waals surface area contributed by atoms with Crippen LogP contribution in [-0.4, -0.2) is 97.3 Å². The zero-order valence-electron chi connectivity index (χ0n) is 50.5. The number of esters is 2. The lowest BCUT2D eigenvalue weighted by molar-refractivity contribution is 0.0464. The zero-order chi connectivity index (χ0) is 62.5. The molecule has 0 aliphatic heterocycles. The maximum absolute atomic E-state index is 14.6. The van der Waals surface area contributed by atoms with Gasteiger partial charge in [0.15, 0.2) is 69.0 Å². The fourth-order valence-electron chi connectivity index (χ4n) is 9.44. The highest BCUT2D eigenvalue weighted by atomic mass is 16.5. The summed E-state index contributed by atoms with van der Waals surface area (Å²) in [5, 5.41) is 14.6. The number of carbonyl (C=O) groups is 2. The van der Waals surface area contributed by atoms with E-state index >= 15 is 0 Å². The molecule has 0 unspecified atom stereocenters. The fraction of sp³-hybridized carbons (Fsp3) is 0.235. The Balaban J connectivity index is 0.00000189. The summed E-state index contributed by atoms with van der Waals surface area (Å²) in [5.74, 6) is 2.82. The first-order valence-corrected chi connectivity index (χ1v) is 26.4. The molecule has 0 atom stereocenters. The molecule has 0 fully saturated rings. The third kappa shape index (κ3) is 14.4. The number of hydrogen-bond donors (Lipinski definition) is 0. The standard InChI is InChI=1S/C64H62O16.2C2H3N/c1-67-51-23-39(41(25-53(51)69-3)43-27-55(71-5)57(73-7)29-45(43)47-31-59(75-9)61(77-11)33-49(47)63(65)79-35-37-19-15-13-16-20-37)40-24-52(68-2)54(70-4)26-42(40)44-28-56(72-6)58(74-8)30-46(44)48-32-60(76-10)62(78-12)34-50(48)64(66)80-36-38-21-17-14-18-22-38;2*1-2-3/h13-34H,35-36H2,1-12H3;2*1H3. The second kappa shape index (κ2) is 31.1. The molecule has 0 N–H and O–H groups in total. The minimum atomic E-state index is -0.639. The van der Waals surface area contributed by atoms with Crippen molar-refractivity contribution in [1.82, 2.24) is 0 Å². The monoisotopic (exact) mass is 1170 g/mol. The van der Waals surface area contributed by atoms with Crippen molar-refractivity contribution >= 4 is 11.9 Å². The normalized spacial score (nSPS) is 10.1. The molecule has 0 saturated carbocycles. The van der Waals surface area contributed by atoms with E-state index in [4.69, 9.17) is 76.8 Å². The van der Waals surface area contributed by atoms with Crippen molar-refractivity contribution < 1.29 is 75.9 Å². The van der Waals surface area contributed by atoms with Crippen LogP contribution in [0.3, 0.4) is 0 Å². The number of benzene rings is 8. The van der Waals surface area contributed by atoms with Crippen LogP contribution in [0, 0.1) is 22.7 Å². The van der Waals surface area contributed by atoms with Crippen molar-refractivity contribution in [2.75, 3.05) is 85.3 Å². The maximum atomic E-state index is 14.6. The number of rotatable bonds is 23. The van der Waals surface area contributed by atoms with E-state index in [0.717, 1.165) is 11.1 Å². The lowest BCUT2D eigenvalue weighted by Crippen LogP contribution is -2.09. The summed E-state index contributed by atoms with van der Waals surface area (Å²) in [6.45, 7) is 2.85. The SMILES string of the molecule is CC#N.CC#N.COc1cc(C(=O)OCc2ccccc2)c(-c2cc(OC)c(OC)cc2-c2cc(OC)c(OC)cc2-c2cc(OC)c(OC)cc2-c2cc(OC)c(OC)cc2-c2cc(OC)c(OC)cc2C(=O)OCc2ccccc2)cc1OC. The molecular formula is C68H68N2O16. The summed E-state index contributed by atoms with van der Waals surface area (Å²) in [5.41, 5.74) is 6.91. The number of nitriles is 2. The molecule has 0 aromatic heterocycles. The molecule has 86 heavy (non-hydrogen) atoms. The fourth-order valence-corrected chi connectivity index (χ4v) is 9.44. The van der Waals surface area contributed by atoms with Crippen LogP contribution in [0.4, 0.5) is 0 Å². The zero-order valence-corrected chi connectivity index (χ0v) is 50.5. The Labute approximate surface area is 501 Å². The Morgan fingerprint density at radius 1 is 0.291 bits per heavy atom. The van der Waals surface area contributed by atoms with Crippen LogP contribution in [0.2, 0.25) is 0 Å². The van der Waals surface area contributed by atoms with E-state index in [1.54, 1.807) is 48.5 Å². The molecule has 0 bridgehead atoms. The Bertz CT molecular complexity index is 3500. The van der Waals surface area contributed by atoms with Crippen molar-refractivity contribution in [1.29, 1.82) is 10.5 Å². The Morgan fingerprint density at radius 3 is 0.640 bits per heavy atom. The van der Waals surface area contributed by atoms with Gasteiger partial charge in [-0.1, -0.05) is 60.7 Å². The minimum Gasteiger partial charge on any atom is -0.493 e. The number of hydrogen-bond acceptors (Lipinski definition) is 18. The van der Waals surface area contributed by atoms with Crippen molar-refractivity contribution in [3.05, 3.63) is 156 Å². The predicted molar refractivity (Wildman–Crippen MR) is 326 cm³/mol. The first kappa shape index (κ1) is 64.4. The average Bonchev–Trinajstić information content (AvgIpc) is 1.49.